The van der Waals surface area contributed by atoms with E-state index >= 15 is 0 Å². The molecule has 0 fully saturated rings. The molecule has 2 aromatic heterocycles. The summed E-state index contributed by atoms with van der Waals surface area (Å²) in [5.41, 5.74) is 4.18. The van der Waals surface area contributed by atoms with E-state index in [2.05, 4.69) is 15.4 Å². The minimum atomic E-state index is -0.183. The smallest absolute Gasteiger partial charge is 0.273 e. The summed E-state index contributed by atoms with van der Waals surface area (Å²) in [6, 6.07) is 19.5. The SMILES string of the molecule is Cc1cnc2ccccc2c1NC(=O)c1ccnn1Cc1ccccc1. The van der Waals surface area contributed by atoms with Crippen LogP contribution in [-0.4, -0.2) is 20.7 Å². The first-order valence-electron chi connectivity index (χ1n) is 8.44. The van der Waals surface area contributed by atoms with Crippen molar-refractivity contribution in [3.63, 3.8) is 0 Å². The standard InChI is InChI=1S/C21H18N4O/c1-15-13-22-18-10-6-5-9-17(18)20(15)24-21(26)19-11-12-23-25(19)14-16-7-3-2-4-8-16/h2-13H,14H2,1H3,(H,22,24,26). The van der Waals surface area contributed by atoms with Gasteiger partial charge in [0.15, 0.2) is 0 Å². The van der Waals surface area contributed by atoms with E-state index in [1.165, 1.54) is 0 Å². The second-order valence-electron chi connectivity index (χ2n) is 6.15. The number of amides is 1. The van der Waals surface area contributed by atoms with Crippen LogP contribution in [0, 0.1) is 6.92 Å². The highest BCUT2D eigenvalue weighted by Crippen LogP contribution is 2.25. The van der Waals surface area contributed by atoms with Gasteiger partial charge in [-0.05, 0) is 30.2 Å². The first-order valence-corrected chi connectivity index (χ1v) is 8.44. The third-order valence-corrected chi connectivity index (χ3v) is 4.33. The zero-order chi connectivity index (χ0) is 17.9. The van der Waals surface area contributed by atoms with Gasteiger partial charge < -0.3 is 5.32 Å². The molecule has 0 saturated heterocycles. The monoisotopic (exact) mass is 342 g/mol. The molecule has 26 heavy (non-hydrogen) atoms. The molecule has 1 amide bonds. The minimum Gasteiger partial charge on any atom is -0.320 e. The van der Waals surface area contributed by atoms with Crippen LogP contribution in [0.4, 0.5) is 5.69 Å². The lowest BCUT2D eigenvalue weighted by Crippen LogP contribution is -2.19. The predicted octanol–water partition coefficient (Wildman–Crippen LogP) is 4.04. The van der Waals surface area contributed by atoms with E-state index < -0.39 is 0 Å². The molecule has 128 valence electrons. The number of carbonyl (C=O) groups excluding carboxylic acids is 1. The summed E-state index contributed by atoms with van der Waals surface area (Å²) >= 11 is 0. The van der Waals surface area contributed by atoms with E-state index in [0.717, 1.165) is 27.7 Å². The van der Waals surface area contributed by atoms with E-state index in [1.54, 1.807) is 23.1 Å². The first-order chi connectivity index (χ1) is 12.7. The molecule has 4 rings (SSSR count). The van der Waals surface area contributed by atoms with Gasteiger partial charge in [0, 0.05) is 17.8 Å². The molecule has 5 heteroatoms. The summed E-state index contributed by atoms with van der Waals surface area (Å²) in [7, 11) is 0. The molecule has 1 N–H and O–H groups in total. The van der Waals surface area contributed by atoms with Crippen LogP contribution < -0.4 is 5.32 Å². The highest BCUT2D eigenvalue weighted by atomic mass is 16.2. The van der Waals surface area contributed by atoms with Crippen molar-refractivity contribution in [1.29, 1.82) is 0 Å². The number of hydrogen-bond donors (Lipinski definition) is 1. The molecule has 4 aromatic rings. The minimum absolute atomic E-state index is 0.183. The van der Waals surface area contributed by atoms with Crippen molar-refractivity contribution < 1.29 is 4.79 Å². The van der Waals surface area contributed by atoms with Crippen LogP contribution in [0.15, 0.2) is 73.1 Å². The van der Waals surface area contributed by atoms with E-state index in [9.17, 15) is 4.79 Å². The number of nitrogens with zero attached hydrogens (tertiary/aromatic N) is 3. The Morgan fingerprint density at radius 2 is 1.81 bits per heavy atom. The fourth-order valence-corrected chi connectivity index (χ4v) is 2.99. The topological polar surface area (TPSA) is 59.8 Å². The zero-order valence-corrected chi connectivity index (χ0v) is 14.4. The van der Waals surface area contributed by atoms with Crippen molar-refractivity contribution in [2.45, 2.75) is 13.5 Å². The third-order valence-electron chi connectivity index (χ3n) is 4.33. The second kappa shape index (κ2) is 6.80. The number of rotatable bonds is 4. The largest absolute Gasteiger partial charge is 0.320 e. The number of para-hydroxylation sites is 1. The lowest BCUT2D eigenvalue weighted by molar-refractivity contribution is 0.101. The molecule has 0 saturated carbocycles. The zero-order valence-electron chi connectivity index (χ0n) is 14.4. The van der Waals surface area contributed by atoms with Gasteiger partial charge in [-0.15, -0.1) is 0 Å². The fourth-order valence-electron chi connectivity index (χ4n) is 2.99. The molecule has 0 atom stereocenters. The third kappa shape index (κ3) is 3.07. The Labute approximate surface area is 151 Å². The molecule has 2 heterocycles. The molecule has 0 spiro atoms. The van der Waals surface area contributed by atoms with Gasteiger partial charge in [-0.25, -0.2) is 0 Å². The Hall–Kier alpha value is -3.47. The van der Waals surface area contributed by atoms with Crippen molar-refractivity contribution in [3.05, 3.63) is 89.9 Å². The van der Waals surface area contributed by atoms with Gasteiger partial charge in [-0.1, -0.05) is 48.5 Å². The van der Waals surface area contributed by atoms with Crippen LogP contribution in [0.2, 0.25) is 0 Å². The number of aryl methyl sites for hydroxylation is 1. The Balaban J connectivity index is 1.64. The van der Waals surface area contributed by atoms with Crippen LogP contribution in [0.5, 0.6) is 0 Å². The normalized spacial score (nSPS) is 10.8. The number of pyridine rings is 1. The van der Waals surface area contributed by atoms with Crippen molar-refractivity contribution in [2.75, 3.05) is 5.32 Å². The lowest BCUT2D eigenvalue weighted by atomic mass is 10.1. The number of hydrogen-bond acceptors (Lipinski definition) is 3. The first kappa shape index (κ1) is 16.0. The summed E-state index contributed by atoms with van der Waals surface area (Å²) < 4.78 is 1.71. The van der Waals surface area contributed by atoms with Crippen LogP contribution in [-0.2, 0) is 6.54 Å². The number of carbonyl (C=O) groups is 1. The Morgan fingerprint density at radius 3 is 2.65 bits per heavy atom. The maximum absolute atomic E-state index is 12.9. The van der Waals surface area contributed by atoms with Crippen LogP contribution in [0.25, 0.3) is 10.9 Å². The van der Waals surface area contributed by atoms with E-state index in [0.29, 0.717) is 12.2 Å². The maximum atomic E-state index is 12.9. The molecule has 0 bridgehead atoms. The number of benzene rings is 2. The number of fused-ring (bicyclic) bond motifs is 1. The Kier molecular flexibility index (Phi) is 4.19. The Morgan fingerprint density at radius 1 is 1.04 bits per heavy atom. The van der Waals surface area contributed by atoms with Gasteiger partial charge in [0.1, 0.15) is 5.69 Å². The highest BCUT2D eigenvalue weighted by molar-refractivity contribution is 6.08. The molecule has 0 unspecified atom stereocenters. The number of anilines is 1. The molecule has 5 nitrogen and oxygen atoms in total. The summed E-state index contributed by atoms with van der Waals surface area (Å²) in [5, 5.41) is 8.27. The van der Waals surface area contributed by atoms with E-state index in [4.69, 9.17) is 0 Å². The molecular formula is C21H18N4O. The average molecular weight is 342 g/mol. The summed E-state index contributed by atoms with van der Waals surface area (Å²) in [4.78, 5) is 17.3. The van der Waals surface area contributed by atoms with Gasteiger partial charge >= 0.3 is 0 Å². The Bertz CT molecular complexity index is 1070. The molecule has 0 aliphatic rings. The maximum Gasteiger partial charge on any atom is 0.273 e. The van der Waals surface area contributed by atoms with Gasteiger partial charge in [0.2, 0.25) is 0 Å². The summed E-state index contributed by atoms with van der Waals surface area (Å²) in [6.07, 6.45) is 3.43. The molecule has 0 aliphatic carbocycles. The van der Waals surface area contributed by atoms with Gasteiger partial charge in [-0.3, -0.25) is 14.5 Å². The van der Waals surface area contributed by atoms with Crippen molar-refractivity contribution >= 4 is 22.5 Å². The second-order valence-corrected chi connectivity index (χ2v) is 6.15. The fraction of sp³-hybridized carbons (Fsp3) is 0.0952. The number of nitrogens with one attached hydrogen (secondary N) is 1. The molecule has 0 aliphatic heterocycles. The van der Waals surface area contributed by atoms with Gasteiger partial charge in [-0.2, -0.15) is 5.10 Å². The summed E-state index contributed by atoms with van der Waals surface area (Å²) in [5.74, 6) is -0.183. The number of aromatic nitrogens is 3. The molecular weight excluding hydrogens is 324 g/mol. The highest BCUT2D eigenvalue weighted by Gasteiger charge is 2.15. The van der Waals surface area contributed by atoms with Gasteiger partial charge in [0.25, 0.3) is 5.91 Å². The van der Waals surface area contributed by atoms with Crippen molar-refractivity contribution in [3.8, 4) is 0 Å². The van der Waals surface area contributed by atoms with Crippen LogP contribution in [0.1, 0.15) is 21.6 Å². The molecule has 2 aromatic carbocycles. The van der Waals surface area contributed by atoms with E-state index in [1.807, 2.05) is 61.5 Å². The lowest BCUT2D eigenvalue weighted by Gasteiger charge is -2.12. The average Bonchev–Trinajstić information content (AvgIpc) is 3.13. The van der Waals surface area contributed by atoms with Gasteiger partial charge in [0.05, 0.1) is 17.7 Å². The van der Waals surface area contributed by atoms with E-state index in [-0.39, 0.29) is 5.91 Å². The quantitative estimate of drug-likeness (QED) is 0.609. The van der Waals surface area contributed by atoms with Crippen LogP contribution in [0.3, 0.4) is 0 Å². The van der Waals surface area contributed by atoms with Crippen molar-refractivity contribution in [1.82, 2.24) is 14.8 Å². The molecule has 0 radical (unpaired) electrons. The van der Waals surface area contributed by atoms with Crippen LogP contribution >= 0.6 is 0 Å². The van der Waals surface area contributed by atoms with Crippen molar-refractivity contribution in [2.24, 2.45) is 0 Å². The predicted molar refractivity (Wildman–Crippen MR) is 102 cm³/mol. The summed E-state index contributed by atoms with van der Waals surface area (Å²) in [6.45, 7) is 2.49.